The Bertz CT molecular complexity index is 572. The van der Waals surface area contributed by atoms with E-state index in [1.54, 1.807) is 6.20 Å². The Morgan fingerprint density at radius 1 is 1.44 bits per heavy atom. The molecule has 5 heteroatoms. The number of aromatic nitrogens is 2. The maximum absolute atomic E-state index is 5.95. The highest BCUT2D eigenvalue weighted by atomic mass is 16.5. The van der Waals surface area contributed by atoms with Crippen LogP contribution in [0.15, 0.2) is 24.4 Å². The van der Waals surface area contributed by atoms with Gasteiger partial charge in [-0.3, -0.25) is 0 Å². The number of ether oxygens (including phenoxy) is 1. The number of nitrogens with two attached hydrogens (primary N) is 1. The van der Waals surface area contributed by atoms with Crippen LogP contribution in [-0.4, -0.2) is 41.1 Å². The molecule has 94 valence electrons. The molecule has 5 nitrogen and oxygen atoms in total. The van der Waals surface area contributed by atoms with Crippen molar-refractivity contribution >= 4 is 16.9 Å². The number of rotatable bonds is 2. The molecule has 3 rings (SSSR count). The van der Waals surface area contributed by atoms with Crippen molar-refractivity contribution in [1.29, 1.82) is 0 Å². The van der Waals surface area contributed by atoms with Gasteiger partial charge < -0.3 is 15.4 Å². The largest absolute Gasteiger partial charge is 0.489 e. The van der Waals surface area contributed by atoms with Crippen molar-refractivity contribution in [3.8, 4) is 5.75 Å². The summed E-state index contributed by atoms with van der Waals surface area (Å²) >= 11 is 0. The maximum Gasteiger partial charge on any atom is 0.220 e. The molecule has 2 aromatic rings. The van der Waals surface area contributed by atoms with E-state index in [2.05, 4.69) is 21.9 Å². The van der Waals surface area contributed by atoms with E-state index in [1.165, 1.54) is 0 Å². The summed E-state index contributed by atoms with van der Waals surface area (Å²) in [7, 11) is 2.11. The van der Waals surface area contributed by atoms with Gasteiger partial charge >= 0.3 is 0 Å². The number of likely N-dealkylation sites (N-methyl/N-ethyl adjacent to an activating group) is 1. The van der Waals surface area contributed by atoms with Gasteiger partial charge in [0.05, 0.1) is 5.52 Å². The molecule has 0 radical (unpaired) electrons. The molecule has 0 amide bonds. The minimum Gasteiger partial charge on any atom is -0.489 e. The number of likely N-dealkylation sites (tertiary alicyclic amines) is 1. The molecule has 0 aliphatic carbocycles. The summed E-state index contributed by atoms with van der Waals surface area (Å²) in [4.78, 5) is 10.4. The average molecular weight is 244 g/mol. The van der Waals surface area contributed by atoms with Gasteiger partial charge in [-0.05, 0) is 25.6 Å². The first-order chi connectivity index (χ1) is 8.70. The SMILES string of the molecule is CN1CCC(Oc2ccc3cnc(N)nc3c2)C1. The van der Waals surface area contributed by atoms with Gasteiger partial charge in [0.1, 0.15) is 11.9 Å². The molecule has 1 unspecified atom stereocenters. The van der Waals surface area contributed by atoms with Crippen LogP contribution in [0.2, 0.25) is 0 Å². The summed E-state index contributed by atoms with van der Waals surface area (Å²) in [5, 5.41) is 0.972. The second kappa shape index (κ2) is 4.42. The van der Waals surface area contributed by atoms with Gasteiger partial charge in [0.25, 0.3) is 0 Å². The smallest absolute Gasteiger partial charge is 0.220 e. The zero-order valence-electron chi connectivity index (χ0n) is 10.3. The molecule has 1 fully saturated rings. The van der Waals surface area contributed by atoms with Crippen LogP contribution in [0.25, 0.3) is 10.9 Å². The Morgan fingerprint density at radius 2 is 2.33 bits per heavy atom. The second-order valence-electron chi connectivity index (χ2n) is 4.74. The number of anilines is 1. The van der Waals surface area contributed by atoms with Crippen LogP contribution < -0.4 is 10.5 Å². The molecule has 2 N–H and O–H groups in total. The molecule has 1 atom stereocenters. The van der Waals surface area contributed by atoms with Crippen LogP contribution in [0.1, 0.15) is 6.42 Å². The molecule has 1 aliphatic rings. The first kappa shape index (κ1) is 11.2. The summed E-state index contributed by atoms with van der Waals surface area (Å²) in [6.07, 6.45) is 3.07. The van der Waals surface area contributed by atoms with Crippen LogP contribution >= 0.6 is 0 Å². The van der Waals surface area contributed by atoms with E-state index in [0.717, 1.165) is 36.2 Å². The van der Waals surface area contributed by atoms with E-state index in [0.29, 0.717) is 5.95 Å². The summed E-state index contributed by atoms with van der Waals surface area (Å²) < 4.78 is 5.95. The summed E-state index contributed by atoms with van der Waals surface area (Å²) in [6, 6.07) is 5.84. The zero-order valence-corrected chi connectivity index (χ0v) is 10.3. The monoisotopic (exact) mass is 244 g/mol. The molecular weight excluding hydrogens is 228 g/mol. The van der Waals surface area contributed by atoms with E-state index >= 15 is 0 Å². The number of fused-ring (bicyclic) bond motifs is 1. The van der Waals surface area contributed by atoms with Gasteiger partial charge in [0, 0.05) is 30.7 Å². The van der Waals surface area contributed by atoms with E-state index < -0.39 is 0 Å². The third-order valence-corrected chi connectivity index (χ3v) is 3.22. The number of nitrogen functional groups attached to an aromatic ring is 1. The summed E-state index contributed by atoms with van der Waals surface area (Å²) in [5.41, 5.74) is 6.41. The third kappa shape index (κ3) is 2.22. The second-order valence-corrected chi connectivity index (χ2v) is 4.74. The Balaban J connectivity index is 1.84. The molecule has 0 bridgehead atoms. The van der Waals surface area contributed by atoms with E-state index in [9.17, 15) is 0 Å². The van der Waals surface area contributed by atoms with Gasteiger partial charge in [0.15, 0.2) is 0 Å². The van der Waals surface area contributed by atoms with Gasteiger partial charge in [-0.2, -0.15) is 0 Å². The van der Waals surface area contributed by atoms with Gasteiger partial charge in [-0.15, -0.1) is 0 Å². The topological polar surface area (TPSA) is 64.3 Å². The standard InChI is InChI=1S/C13H16N4O/c1-17-5-4-11(8-17)18-10-3-2-9-7-15-13(14)16-12(9)6-10/h2-3,6-7,11H,4-5,8H2,1H3,(H2,14,15,16). The normalized spacial score (nSPS) is 20.4. The summed E-state index contributed by atoms with van der Waals surface area (Å²) in [5.74, 6) is 1.14. The Kier molecular flexibility index (Phi) is 2.76. The highest BCUT2D eigenvalue weighted by Crippen LogP contribution is 2.22. The fourth-order valence-electron chi connectivity index (χ4n) is 2.27. The van der Waals surface area contributed by atoms with Crippen molar-refractivity contribution in [2.75, 3.05) is 25.9 Å². The van der Waals surface area contributed by atoms with Crippen molar-refractivity contribution < 1.29 is 4.74 Å². The van der Waals surface area contributed by atoms with Gasteiger partial charge in [-0.1, -0.05) is 0 Å². The number of benzene rings is 1. The Labute approximate surface area is 106 Å². The molecule has 1 aliphatic heterocycles. The average Bonchev–Trinajstić information content (AvgIpc) is 2.74. The Hall–Kier alpha value is -1.88. The predicted molar refractivity (Wildman–Crippen MR) is 70.5 cm³/mol. The predicted octanol–water partition coefficient (Wildman–Crippen LogP) is 1.29. The highest BCUT2D eigenvalue weighted by Gasteiger charge is 2.20. The molecule has 18 heavy (non-hydrogen) atoms. The lowest BCUT2D eigenvalue weighted by Gasteiger charge is -2.14. The highest BCUT2D eigenvalue weighted by molar-refractivity contribution is 5.79. The van der Waals surface area contributed by atoms with Crippen molar-refractivity contribution in [3.05, 3.63) is 24.4 Å². The molecular formula is C13H16N4O. The lowest BCUT2D eigenvalue weighted by molar-refractivity contribution is 0.208. The van der Waals surface area contributed by atoms with Crippen molar-refractivity contribution in [2.45, 2.75) is 12.5 Å². The van der Waals surface area contributed by atoms with E-state index in [4.69, 9.17) is 10.5 Å². The third-order valence-electron chi connectivity index (χ3n) is 3.22. The number of nitrogens with zero attached hydrogens (tertiary/aromatic N) is 3. The van der Waals surface area contributed by atoms with Crippen LogP contribution in [0.4, 0.5) is 5.95 Å². The molecule has 2 heterocycles. The molecule has 1 aromatic carbocycles. The fraction of sp³-hybridized carbons (Fsp3) is 0.385. The molecule has 1 saturated heterocycles. The van der Waals surface area contributed by atoms with Gasteiger partial charge in [0.2, 0.25) is 5.95 Å². The van der Waals surface area contributed by atoms with Crippen LogP contribution in [0, 0.1) is 0 Å². The van der Waals surface area contributed by atoms with Crippen molar-refractivity contribution in [3.63, 3.8) is 0 Å². The molecule has 0 saturated carbocycles. The quantitative estimate of drug-likeness (QED) is 0.862. The van der Waals surface area contributed by atoms with E-state index in [-0.39, 0.29) is 6.10 Å². The molecule has 0 spiro atoms. The Morgan fingerprint density at radius 3 is 3.11 bits per heavy atom. The molecule has 1 aromatic heterocycles. The number of hydrogen-bond donors (Lipinski definition) is 1. The number of hydrogen-bond acceptors (Lipinski definition) is 5. The van der Waals surface area contributed by atoms with E-state index in [1.807, 2.05) is 18.2 Å². The zero-order chi connectivity index (χ0) is 12.5. The van der Waals surface area contributed by atoms with Crippen LogP contribution in [0.5, 0.6) is 5.75 Å². The lowest BCUT2D eigenvalue weighted by atomic mass is 10.2. The minimum atomic E-state index is 0.270. The van der Waals surface area contributed by atoms with Gasteiger partial charge in [-0.25, -0.2) is 9.97 Å². The van der Waals surface area contributed by atoms with Crippen LogP contribution in [0.3, 0.4) is 0 Å². The maximum atomic E-state index is 5.95. The fourth-order valence-corrected chi connectivity index (χ4v) is 2.27. The van der Waals surface area contributed by atoms with Crippen LogP contribution in [-0.2, 0) is 0 Å². The first-order valence-electron chi connectivity index (χ1n) is 6.08. The minimum absolute atomic E-state index is 0.270. The van der Waals surface area contributed by atoms with Crippen molar-refractivity contribution in [1.82, 2.24) is 14.9 Å². The van der Waals surface area contributed by atoms with Crippen molar-refractivity contribution in [2.24, 2.45) is 0 Å². The summed E-state index contributed by atoms with van der Waals surface area (Å²) in [6.45, 7) is 2.07. The first-order valence-corrected chi connectivity index (χ1v) is 6.08. The lowest BCUT2D eigenvalue weighted by Crippen LogP contribution is -2.21.